The monoisotopic (exact) mass is 351 g/mol. The molecule has 0 saturated heterocycles. The van der Waals surface area contributed by atoms with E-state index < -0.39 is 11.7 Å². The highest BCUT2D eigenvalue weighted by Gasteiger charge is 2.30. The number of carbonyl (C=O) groups excluding carboxylic acids is 1. The SMILES string of the molecule is CSC(C=C(C=O)c1ccccc1)Nc1cccc(C(F)(F)F)c1. The normalized spacial score (nSPS) is 13.4. The molecule has 0 aromatic heterocycles. The van der Waals surface area contributed by atoms with Gasteiger partial charge in [0.15, 0.2) is 0 Å². The number of nitrogens with one attached hydrogen (secondary N) is 1. The molecule has 0 spiro atoms. The van der Waals surface area contributed by atoms with Crippen LogP contribution in [0.25, 0.3) is 5.57 Å². The fourth-order valence-corrected chi connectivity index (χ4v) is 2.65. The minimum absolute atomic E-state index is 0.339. The molecular weight excluding hydrogens is 335 g/mol. The largest absolute Gasteiger partial charge is 0.416 e. The fraction of sp³-hybridized carbons (Fsp3) is 0.167. The van der Waals surface area contributed by atoms with E-state index in [1.54, 1.807) is 12.1 Å². The molecule has 0 saturated carbocycles. The number of aldehydes is 1. The molecule has 2 nitrogen and oxygen atoms in total. The van der Waals surface area contributed by atoms with Gasteiger partial charge < -0.3 is 5.32 Å². The number of benzene rings is 2. The molecule has 2 rings (SSSR count). The van der Waals surface area contributed by atoms with Crippen molar-refractivity contribution in [2.75, 3.05) is 11.6 Å². The van der Waals surface area contributed by atoms with Crippen LogP contribution in [0.1, 0.15) is 11.1 Å². The molecule has 24 heavy (non-hydrogen) atoms. The zero-order chi connectivity index (χ0) is 17.6. The summed E-state index contributed by atoms with van der Waals surface area (Å²) in [5.41, 5.74) is 0.876. The first-order chi connectivity index (χ1) is 11.4. The lowest BCUT2D eigenvalue weighted by Gasteiger charge is -2.16. The average molecular weight is 351 g/mol. The first-order valence-electron chi connectivity index (χ1n) is 7.13. The molecule has 0 radical (unpaired) electrons. The van der Waals surface area contributed by atoms with Gasteiger partial charge in [-0.15, -0.1) is 11.8 Å². The number of halogens is 3. The van der Waals surface area contributed by atoms with E-state index in [1.807, 2.05) is 36.6 Å². The molecular formula is C18H16F3NOS. The van der Waals surface area contributed by atoms with Crippen molar-refractivity contribution in [2.45, 2.75) is 11.6 Å². The van der Waals surface area contributed by atoms with Crippen molar-refractivity contribution in [1.29, 1.82) is 0 Å². The maximum Gasteiger partial charge on any atom is 0.416 e. The number of hydrogen-bond donors (Lipinski definition) is 1. The lowest BCUT2D eigenvalue weighted by molar-refractivity contribution is -0.137. The number of thioether (sulfide) groups is 1. The van der Waals surface area contributed by atoms with E-state index >= 15 is 0 Å². The van der Waals surface area contributed by atoms with E-state index in [4.69, 9.17) is 0 Å². The molecule has 0 aliphatic heterocycles. The summed E-state index contributed by atoms with van der Waals surface area (Å²) in [6.45, 7) is 0. The zero-order valence-electron chi connectivity index (χ0n) is 12.9. The number of hydrogen-bond acceptors (Lipinski definition) is 3. The molecule has 0 fully saturated rings. The summed E-state index contributed by atoms with van der Waals surface area (Å²) in [6.07, 6.45) is -0.130. The van der Waals surface area contributed by atoms with Gasteiger partial charge in [0, 0.05) is 11.3 Å². The van der Waals surface area contributed by atoms with Crippen LogP contribution in [0.3, 0.4) is 0 Å². The maximum atomic E-state index is 12.8. The predicted octanol–water partition coefficient (Wildman–Crippen LogP) is 5.09. The third-order valence-electron chi connectivity index (χ3n) is 3.32. The van der Waals surface area contributed by atoms with Gasteiger partial charge in [-0.3, -0.25) is 4.79 Å². The van der Waals surface area contributed by atoms with Gasteiger partial charge in [-0.2, -0.15) is 13.2 Å². The van der Waals surface area contributed by atoms with Crippen molar-refractivity contribution in [2.24, 2.45) is 0 Å². The Morgan fingerprint density at radius 2 is 1.83 bits per heavy atom. The highest BCUT2D eigenvalue weighted by Crippen LogP contribution is 2.31. The Balaban J connectivity index is 2.23. The van der Waals surface area contributed by atoms with Crippen LogP contribution >= 0.6 is 11.8 Å². The minimum atomic E-state index is -4.39. The lowest BCUT2D eigenvalue weighted by Crippen LogP contribution is -2.14. The lowest BCUT2D eigenvalue weighted by atomic mass is 10.1. The van der Waals surface area contributed by atoms with E-state index in [-0.39, 0.29) is 5.37 Å². The second-order valence-corrected chi connectivity index (χ2v) is 5.96. The van der Waals surface area contributed by atoms with E-state index in [0.717, 1.165) is 24.0 Å². The number of carbonyl (C=O) groups is 1. The fourth-order valence-electron chi connectivity index (χ4n) is 2.12. The van der Waals surface area contributed by atoms with Gasteiger partial charge >= 0.3 is 6.18 Å². The predicted molar refractivity (Wildman–Crippen MR) is 92.9 cm³/mol. The van der Waals surface area contributed by atoms with E-state index in [9.17, 15) is 18.0 Å². The molecule has 0 amide bonds. The van der Waals surface area contributed by atoms with Gasteiger partial charge in [0.25, 0.3) is 0 Å². The highest BCUT2D eigenvalue weighted by molar-refractivity contribution is 7.99. The molecule has 1 unspecified atom stereocenters. The topological polar surface area (TPSA) is 29.1 Å². The van der Waals surface area contributed by atoms with Crippen LogP contribution in [0.5, 0.6) is 0 Å². The summed E-state index contributed by atoms with van der Waals surface area (Å²) < 4.78 is 38.3. The van der Waals surface area contributed by atoms with Crippen LogP contribution in [0.15, 0.2) is 60.7 Å². The average Bonchev–Trinajstić information content (AvgIpc) is 2.59. The summed E-state index contributed by atoms with van der Waals surface area (Å²) in [7, 11) is 0. The second kappa shape index (κ2) is 8.06. The first kappa shape index (κ1) is 18.1. The Labute approximate surface area is 142 Å². The van der Waals surface area contributed by atoms with Crippen molar-refractivity contribution in [3.05, 3.63) is 71.8 Å². The van der Waals surface area contributed by atoms with Gasteiger partial charge in [0.1, 0.15) is 6.29 Å². The van der Waals surface area contributed by atoms with Crippen LogP contribution in [0, 0.1) is 0 Å². The summed E-state index contributed by atoms with van der Waals surface area (Å²) in [6, 6.07) is 14.1. The number of alkyl halides is 3. The van der Waals surface area contributed by atoms with E-state index in [2.05, 4.69) is 5.32 Å². The Hall–Kier alpha value is -2.21. The van der Waals surface area contributed by atoms with Gasteiger partial charge in [-0.05, 0) is 36.1 Å². The molecule has 6 heteroatoms. The molecule has 1 atom stereocenters. The zero-order valence-corrected chi connectivity index (χ0v) is 13.7. The Morgan fingerprint density at radius 3 is 2.42 bits per heavy atom. The Kier molecular flexibility index (Phi) is 6.09. The summed E-state index contributed by atoms with van der Waals surface area (Å²) in [5.74, 6) is 0. The summed E-state index contributed by atoms with van der Waals surface area (Å²) in [4.78, 5) is 11.3. The molecule has 2 aromatic carbocycles. The minimum Gasteiger partial charge on any atom is -0.370 e. The molecule has 0 aliphatic carbocycles. The van der Waals surface area contributed by atoms with E-state index in [1.165, 1.54) is 17.8 Å². The van der Waals surface area contributed by atoms with Crippen molar-refractivity contribution >= 4 is 29.3 Å². The smallest absolute Gasteiger partial charge is 0.370 e. The van der Waals surface area contributed by atoms with Crippen LogP contribution < -0.4 is 5.32 Å². The third kappa shape index (κ3) is 4.89. The molecule has 1 N–H and O–H groups in total. The molecule has 0 aliphatic rings. The molecule has 0 heterocycles. The summed E-state index contributed by atoms with van der Waals surface area (Å²) >= 11 is 1.39. The van der Waals surface area contributed by atoms with Crippen LogP contribution in [0.2, 0.25) is 0 Å². The standard InChI is InChI=1S/C18H16F3NOS/c1-24-17(10-14(12-23)13-6-3-2-4-7-13)22-16-9-5-8-15(11-16)18(19,20)21/h2-12,17,22H,1H3. The Bertz CT molecular complexity index is 714. The number of anilines is 1. The van der Waals surface area contributed by atoms with Crippen molar-refractivity contribution < 1.29 is 18.0 Å². The quantitative estimate of drug-likeness (QED) is 0.447. The Morgan fingerprint density at radius 1 is 1.12 bits per heavy atom. The third-order valence-corrected chi connectivity index (χ3v) is 4.08. The van der Waals surface area contributed by atoms with Gasteiger partial charge in [0.05, 0.1) is 10.9 Å². The molecule has 2 aromatic rings. The second-order valence-electron chi connectivity index (χ2n) is 4.99. The van der Waals surface area contributed by atoms with Crippen molar-refractivity contribution in [3.63, 3.8) is 0 Å². The molecule has 0 bridgehead atoms. The van der Waals surface area contributed by atoms with Crippen molar-refractivity contribution in [1.82, 2.24) is 0 Å². The van der Waals surface area contributed by atoms with Crippen LogP contribution in [-0.4, -0.2) is 17.9 Å². The van der Waals surface area contributed by atoms with E-state index in [0.29, 0.717) is 11.3 Å². The summed E-state index contributed by atoms with van der Waals surface area (Å²) in [5, 5.41) is 2.66. The number of rotatable bonds is 6. The number of allylic oxidation sites excluding steroid dienone is 1. The molecule has 126 valence electrons. The van der Waals surface area contributed by atoms with Crippen molar-refractivity contribution in [3.8, 4) is 0 Å². The van der Waals surface area contributed by atoms with Crippen LogP contribution in [-0.2, 0) is 11.0 Å². The first-order valence-corrected chi connectivity index (χ1v) is 8.42. The van der Waals surface area contributed by atoms with Gasteiger partial charge in [-0.1, -0.05) is 36.4 Å². The van der Waals surface area contributed by atoms with Gasteiger partial charge in [-0.25, -0.2) is 0 Å². The maximum absolute atomic E-state index is 12.8. The highest BCUT2D eigenvalue weighted by atomic mass is 32.2. The van der Waals surface area contributed by atoms with Gasteiger partial charge in [0.2, 0.25) is 0 Å². The van der Waals surface area contributed by atoms with Crippen LogP contribution in [0.4, 0.5) is 18.9 Å².